The van der Waals surface area contributed by atoms with Gasteiger partial charge in [0.25, 0.3) is 0 Å². The summed E-state index contributed by atoms with van der Waals surface area (Å²) < 4.78 is 5.13. The van der Waals surface area contributed by atoms with E-state index in [9.17, 15) is 4.79 Å². The van der Waals surface area contributed by atoms with Gasteiger partial charge in [-0.05, 0) is 18.1 Å². The normalized spacial score (nSPS) is 22.2. The van der Waals surface area contributed by atoms with Crippen molar-refractivity contribution in [3.63, 3.8) is 0 Å². The molecule has 2 nitrogen and oxygen atoms in total. The molecule has 1 aromatic carbocycles. The van der Waals surface area contributed by atoms with Crippen LogP contribution in [0, 0.1) is 6.92 Å². The molecule has 2 rings (SSSR count). The number of aryl methyl sites for hydroxylation is 1. The van der Waals surface area contributed by atoms with Crippen LogP contribution in [-0.4, -0.2) is 19.0 Å². The van der Waals surface area contributed by atoms with Gasteiger partial charge in [0.1, 0.15) is 6.61 Å². The number of carbonyl (C=O) groups excluding carboxylic acids is 1. The van der Waals surface area contributed by atoms with Crippen LogP contribution in [0.1, 0.15) is 17.0 Å². The van der Waals surface area contributed by atoms with Crippen LogP contribution in [0.25, 0.3) is 0 Å². The topological polar surface area (TPSA) is 26.3 Å². The molecule has 0 radical (unpaired) electrons. The highest BCUT2D eigenvalue weighted by Gasteiger charge is 2.27. The molecule has 1 heterocycles. The number of Topliss-reactive ketones (excluding diaryl/α,β-unsaturated/α-hetero) is 1. The van der Waals surface area contributed by atoms with E-state index in [0.717, 1.165) is 5.56 Å². The van der Waals surface area contributed by atoms with Crippen molar-refractivity contribution in [2.75, 3.05) is 13.2 Å². The predicted molar refractivity (Wildman–Crippen MR) is 49.7 cm³/mol. The summed E-state index contributed by atoms with van der Waals surface area (Å²) in [6.07, 6.45) is 0. The lowest BCUT2D eigenvalue weighted by molar-refractivity contribution is -0.118. The third-order valence-corrected chi connectivity index (χ3v) is 2.48. The molecular formula is C11H12O2. The lowest BCUT2D eigenvalue weighted by Gasteiger charge is -2.09. The Morgan fingerprint density at radius 2 is 2.15 bits per heavy atom. The first kappa shape index (κ1) is 8.45. The van der Waals surface area contributed by atoms with Crippen molar-refractivity contribution in [1.29, 1.82) is 0 Å². The van der Waals surface area contributed by atoms with Crippen LogP contribution in [0.5, 0.6) is 0 Å². The molecule has 1 fully saturated rings. The van der Waals surface area contributed by atoms with E-state index < -0.39 is 0 Å². The first-order valence-electron chi connectivity index (χ1n) is 4.45. The molecule has 1 unspecified atom stereocenters. The zero-order chi connectivity index (χ0) is 9.26. The molecule has 0 spiro atoms. The minimum atomic E-state index is -0.0267. The second-order valence-electron chi connectivity index (χ2n) is 3.39. The van der Waals surface area contributed by atoms with Crippen molar-refractivity contribution in [2.24, 2.45) is 0 Å². The monoisotopic (exact) mass is 176 g/mol. The molecule has 0 saturated carbocycles. The van der Waals surface area contributed by atoms with Crippen molar-refractivity contribution in [3.05, 3.63) is 35.4 Å². The Labute approximate surface area is 77.5 Å². The number of carbonyl (C=O) groups is 1. The summed E-state index contributed by atoms with van der Waals surface area (Å²) in [7, 11) is 0. The Morgan fingerprint density at radius 1 is 1.38 bits per heavy atom. The molecule has 0 N–H and O–H groups in total. The van der Waals surface area contributed by atoms with Crippen LogP contribution in [0.2, 0.25) is 0 Å². The summed E-state index contributed by atoms with van der Waals surface area (Å²) in [6, 6.07) is 7.99. The second kappa shape index (κ2) is 3.30. The van der Waals surface area contributed by atoms with Crippen molar-refractivity contribution in [1.82, 2.24) is 0 Å². The number of hydrogen-bond acceptors (Lipinski definition) is 2. The third kappa shape index (κ3) is 1.49. The Morgan fingerprint density at radius 3 is 2.77 bits per heavy atom. The van der Waals surface area contributed by atoms with E-state index >= 15 is 0 Å². The maximum atomic E-state index is 11.4. The second-order valence-corrected chi connectivity index (χ2v) is 3.39. The van der Waals surface area contributed by atoms with E-state index in [2.05, 4.69) is 0 Å². The minimum Gasteiger partial charge on any atom is -0.373 e. The van der Waals surface area contributed by atoms with Crippen LogP contribution >= 0.6 is 0 Å². The molecule has 1 aromatic rings. The van der Waals surface area contributed by atoms with Gasteiger partial charge in [0.05, 0.1) is 12.5 Å². The Hall–Kier alpha value is -1.15. The predicted octanol–water partition coefficient (Wildman–Crippen LogP) is 1.68. The molecule has 68 valence electrons. The van der Waals surface area contributed by atoms with E-state index in [4.69, 9.17) is 4.74 Å². The van der Waals surface area contributed by atoms with Gasteiger partial charge in [0, 0.05) is 0 Å². The number of rotatable bonds is 1. The fourth-order valence-corrected chi connectivity index (χ4v) is 1.71. The van der Waals surface area contributed by atoms with Crippen molar-refractivity contribution < 1.29 is 9.53 Å². The summed E-state index contributed by atoms with van der Waals surface area (Å²) in [5.41, 5.74) is 2.29. The first-order chi connectivity index (χ1) is 6.29. The molecule has 13 heavy (non-hydrogen) atoms. The van der Waals surface area contributed by atoms with Gasteiger partial charge < -0.3 is 4.74 Å². The molecule has 1 saturated heterocycles. The fraction of sp³-hybridized carbons (Fsp3) is 0.364. The third-order valence-electron chi connectivity index (χ3n) is 2.48. The molecule has 0 aliphatic carbocycles. The zero-order valence-corrected chi connectivity index (χ0v) is 7.62. The zero-order valence-electron chi connectivity index (χ0n) is 7.62. The molecular weight excluding hydrogens is 164 g/mol. The molecule has 0 amide bonds. The average Bonchev–Trinajstić information content (AvgIpc) is 2.52. The number of ether oxygens (including phenoxy) is 1. The van der Waals surface area contributed by atoms with Gasteiger partial charge in [-0.15, -0.1) is 0 Å². The smallest absolute Gasteiger partial charge is 0.168 e. The summed E-state index contributed by atoms with van der Waals surface area (Å²) in [5.74, 6) is 0.176. The molecule has 1 atom stereocenters. The molecule has 0 aromatic heterocycles. The van der Waals surface area contributed by atoms with Gasteiger partial charge >= 0.3 is 0 Å². The van der Waals surface area contributed by atoms with E-state index in [1.54, 1.807) is 0 Å². The molecule has 1 aliphatic heterocycles. The maximum Gasteiger partial charge on any atom is 0.168 e. The van der Waals surface area contributed by atoms with Crippen LogP contribution in [-0.2, 0) is 9.53 Å². The van der Waals surface area contributed by atoms with Crippen LogP contribution in [0.4, 0.5) is 0 Å². The highest BCUT2D eigenvalue weighted by molar-refractivity contribution is 5.88. The molecule has 2 heteroatoms. The van der Waals surface area contributed by atoms with E-state index in [0.29, 0.717) is 6.61 Å². The Bertz CT molecular complexity index is 331. The van der Waals surface area contributed by atoms with E-state index in [-0.39, 0.29) is 18.3 Å². The summed E-state index contributed by atoms with van der Waals surface area (Å²) in [5, 5.41) is 0. The number of ketones is 1. The van der Waals surface area contributed by atoms with Crippen LogP contribution in [0.15, 0.2) is 24.3 Å². The van der Waals surface area contributed by atoms with Gasteiger partial charge in [-0.3, -0.25) is 4.79 Å². The minimum absolute atomic E-state index is 0.0267. The van der Waals surface area contributed by atoms with Gasteiger partial charge in [0.15, 0.2) is 5.78 Å². The number of hydrogen-bond donors (Lipinski definition) is 0. The summed E-state index contributed by atoms with van der Waals surface area (Å²) in [4.78, 5) is 11.4. The highest BCUT2D eigenvalue weighted by atomic mass is 16.5. The molecule has 1 aliphatic rings. The van der Waals surface area contributed by atoms with Gasteiger partial charge in [-0.25, -0.2) is 0 Å². The summed E-state index contributed by atoms with van der Waals surface area (Å²) >= 11 is 0. The van der Waals surface area contributed by atoms with Crippen LogP contribution < -0.4 is 0 Å². The first-order valence-corrected chi connectivity index (χ1v) is 4.45. The van der Waals surface area contributed by atoms with Gasteiger partial charge in [0.2, 0.25) is 0 Å². The van der Waals surface area contributed by atoms with E-state index in [1.807, 2.05) is 31.2 Å². The largest absolute Gasteiger partial charge is 0.373 e. The maximum absolute atomic E-state index is 11.4. The van der Waals surface area contributed by atoms with Crippen LogP contribution in [0.3, 0.4) is 0 Å². The number of benzene rings is 1. The fourth-order valence-electron chi connectivity index (χ4n) is 1.71. The lowest BCUT2D eigenvalue weighted by atomic mass is 9.94. The van der Waals surface area contributed by atoms with Gasteiger partial charge in [-0.1, -0.05) is 24.3 Å². The summed E-state index contributed by atoms with van der Waals surface area (Å²) in [6.45, 7) is 2.85. The Kier molecular flexibility index (Phi) is 2.15. The average molecular weight is 176 g/mol. The van der Waals surface area contributed by atoms with Crippen molar-refractivity contribution >= 4 is 5.78 Å². The SMILES string of the molecule is Cc1ccccc1C1COCC1=O. The van der Waals surface area contributed by atoms with Crippen molar-refractivity contribution in [3.8, 4) is 0 Å². The van der Waals surface area contributed by atoms with E-state index in [1.165, 1.54) is 5.56 Å². The standard InChI is InChI=1S/C11H12O2/c1-8-4-2-3-5-9(8)10-6-13-7-11(10)12/h2-5,10H,6-7H2,1H3. The lowest BCUT2D eigenvalue weighted by Crippen LogP contribution is -2.10. The Balaban J connectivity index is 2.34. The highest BCUT2D eigenvalue weighted by Crippen LogP contribution is 2.24. The van der Waals surface area contributed by atoms with Crippen molar-refractivity contribution in [2.45, 2.75) is 12.8 Å². The quantitative estimate of drug-likeness (QED) is 0.650. The molecule has 0 bridgehead atoms. The van der Waals surface area contributed by atoms with Gasteiger partial charge in [-0.2, -0.15) is 0 Å².